The van der Waals surface area contributed by atoms with Crippen LogP contribution < -0.4 is 4.90 Å². The van der Waals surface area contributed by atoms with Gasteiger partial charge in [0.25, 0.3) is 0 Å². The van der Waals surface area contributed by atoms with E-state index in [1.165, 1.54) is 11.3 Å². The fourth-order valence-corrected chi connectivity index (χ4v) is 3.54. The zero-order chi connectivity index (χ0) is 15.6. The highest BCUT2D eigenvalue weighted by atomic mass is 35.5. The average molecular weight is 362 g/mol. The van der Waals surface area contributed by atoms with E-state index in [-0.39, 0.29) is 18.3 Å². The summed E-state index contributed by atoms with van der Waals surface area (Å²) in [6.45, 7) is 5.32. The topological polar surface area (TPSA) is 36.4 Å². The third kappa shape index (κ3) is 4.32. The lowest BCUT2D eigenvalue weighted by molar-refractivity contribution is -0.118. The van der Waals surface area contributed by atoms with Crippen LogP contribution in [0.3, 0.4) is 0 Å². The Morgan fingerprint density at radius 3 is 2.59 bits per heavy atom. The van der Waals surface area contributed by atoms with Gasteiger partial charge in [0.15, 0.2) is 5.13 Å². The van der Waals surface area contributed by atoms with Crippen molar-refractivity contribution >= 4 is 56.6 Å². The van der Waals surface area contributed by atoms with Crippen molar-refractivity contribution in [1.82, 2.24) is 9.88 Å². The minimum absolute atomic E-state index is 0. The van der Waals surface area contributed by atoms with Gasteiger partial charge in [0.05, 0.1) is 10.2 Å². The molecule has 2 rings (SSSR count). The van der Waals surface area contributed by atoms with Crippen LogP contribution in [0.4, 0.5) is 5.13 Å². The summed E-state index contributed by atoms with van der Waals surface area (Å²) in [5.74, 6) is 0.0969. The number of aromatic nitrogens is 1. The predicted octanol–water partition coefficient (Wildman–Crippen LogP) is 3.98. The Morgan fingerprint density at radius 2 is 2.00 bits per heavy atom. The molecule has 0 saturated carbocycles. The van der Waals surface area contributed by atoms with Gasteiger partial charge in [0.2, 0.25) is 5.91 Å². The normalized spacial score (nSPS) is 10.8. The molecule has 0 aliphatic rings. The van der Waals surface area contributed by atoms with Crippen molar-refractivity contribution in [2.24, 2.45) is 0 Å². The number of aryl methyl sites for hydroxylation is 1. The second kappa shape index (κ2) is 8.11. The molecule has 0 N–H and O–H groups in total. The van der Waals surface area contributed by atoms with E-state index in [1.807, 2.05) is 40.1 Å². The summed E-state index contributed by atoms with van der Waals surface area (Å²) in [6, 6.07) is 3.81. The summed E-state index contributed by atoms with van der Waals surface area (Å²) in [4.78, 5) is 20.7. The Hall–Kier alpha value is -0.880. The number of thiazole rings is 1. The fraction of sp³-hybridized carbons (Fsp3) is 0.467. The summed E-state index contributed by atoms with van der Waals surface area (Å²) in [5.41, 5.74) is 1.97. The van der Waals surface area contributed by atoms with Gasteiger partial charge < -0.3 is 4.90 Å². The van der Waals surface area contributed by atoms with Gasteiger partial charge in [-0.1, -0.05) is 29.9 Å². The van der Waals surface area contributed by atoms with E-state index in [0.717, 1.165) is 27.5 Å². The van der Waals surface area contributed by atoms with Gasteiger partial charge in [-0.25, -0.2) is 4.98 Å². The van der Waals surface area contributed by atoms with Crippen LogP contribution in [-0.2, 0) is 4.79 Å². The third-order valence-corrected chi connectivity index (χ3v) is 4.49. The number of anilines is 1. The molecular weight excluding hydrogens is 341 g/mol. The predicted molar refractivity (Wildman–Crippen MR) is 97.8 cm³/mol. The summed E-state index contributed by atoms with van der Waals surface area (Å²) < 4.78 is 1.02. The number of hydrogen-bond donors (Lipinski definition) is 0. The van der Waals surface area contributed by atoms with Gasteiger partial charge in [0.1, 0.15) is 0 Å². The first-order valence-electron chi connectivity index (χ1n) is 6.94. The SMILES string of the molecule is CCC(=O)N(CCN(C)C)c1nc2c(C)cc(Cl)cc2s1.Cl. The summed E-state index contributed by atoms with van der Waals surface area (Å²) in [7, 11) is 3.99. The lowest BCUT2D eigenvalue weighted by atomic mass is 10.2. The summed E-state index contributed by atoms with van der Waals surface area (Å²) in [5, 5.41) is 1.46. The van der Waals surface area contributed by atoms with E-state index in [4.69, 9.17) is 11.6 Å². The van der Waals surface area contributed by atoms with E-state index < -0.39 is 0 Å². The Kier molecular flexibility index (Phi) is 7.06. The summed E-state index contributed by atoms with van der Waals surface area (Å²) >= 11 is 7.62. The number of rotatable bonds is 5. The van der Waals surface area contributed by atoms with Gasteiger partial charge in [-0.05, 0) is 38.7 Å². The first kappa shape index (κ1) is 19.2. The number of nitrogens with zero attached hydrogens (tertiary/aromatic N) is 3. The van der Waals surface area contributed by atoms with Crippen LogP contribution in [0.25, 0.3) is 10.2 Å². The Morgan fingerprint density at radius 1 is 1.32 bits per heavy atom. The lowest BCUT2D eigenvalue weighted by Gasteiger charge is -2.21. The third-order valence-electron chi connectivity index (χ3n) is 3.24. The van der Waals surface area contributed by atoms with Crippen LogP contribution in [0.1, 0.15) is 18.9 Å². The monoisotopic (exact) mass is 361 g/mol. The number of hydrogen-bond acceptors (Lipinski definition) is 4. The number of carbonyl (C=O) groups excluding carboxylic acids is 1. The lowest BCUT2D eigenvalue weighted by Crippen LogP contribution is -2.36. The van der Waals surface area contributed by atoms with Crippen LogP contribution in [-0.4, -0.2) is 43.0 Å². The standard InChI is InChI=1S/C15H20ClN3OS.ClH/c1-5-13(20)19(7-6-18(3)4)15-17-14-10(2)8-11(16)9-12(14)21-15;/h8-9H,5-7H2,1-4H3;1H. The smallest absolute Gasteiger partial charge is 0.228 e. The molecule has 22 heavy (non-hydrogen) atoms. The second-order valence-corrected chi connectivity index (χ2v) is 6.71. The minimum atomic E-state index is 0. The van der Waals surface area contributed by atoms with Gasteiger partial charge in [-0.3, -0.25) is 9.69 Å². The van der Waals surface area contributed by atoms with Gasteiger partial charge >= 0.3 is 0 Å². The molecule has 0 unspecified atom stereocenters. The molecule has 1 aromatic carbocycles. The zero-order valence-corrected chi connectivity index (χ0v) is 15.6. The van der Waals surface area contributed by atoms with Crippen molar-refractivity contribution < 1.29 is 4.79 Å². The molecule has 0 saturated heterocycles. The highest BCUT2D eigenvalue weighted by Crippen LogP contribution is 2.33. The molecule has 1 aromatic heterocycles. The number of fused-ring (bicyclic) bond motifs is 1. The van der Waals surface area contributed by atoms with Crippen LogP contribution in [0.2, 0.25) is 5.02 Å². The highest BCUT2D eigenvalue weighted by molar-refractivity contribution is 7.22. The maximum absolute atomic E-state index is 12.2. The molecule has 0 bridgehead atoms. The molecule has 0 aliphatic heterocycles. The van der Waals surface area contributed by atoms with E-state index in [1.54, 1.807) is 4.90 Å². The van der Waals surface area contributed by atoms with E-state index in [0.29, 0.717) is 18.0 Å². The van der Waals surface area contributed by atoms with Crippen molar-refractivity contribution in [2.45, 2.75) is 20.3 Å². The molecule has 0 atom stereocenters. The van der Waals surface area contributed by atoms with Crippen molar-refractivity contribution in [3.05, 3.63) is 22.7 Å². The van der Waals surface area contributed by atoms with Crippen molar-refractivity contribution in [3.8, 4) is 0 Å². The molecule has 4 nitrogen and oxygen atoms in total. The maximum atomic E-state index is 12.2. The zero-order valence-electron chi connectivity index (χ0n) is 13.2. The number of carbonyl (C=O) groups is 1. The largest absolute Gasteiger partial charge is 0.308 e. The molecule has 0 fully saturated rings. The molecule has 0 spiro atoms. The molecule has 0 radical (unpaired) electrons. The summed E-state index contributed by atoms with van der Waals surface area (Å²) in [6.07, 6.45) is 0.475. The molecule has 1 heterocycles. The van der Waals surface area contributed by atoms with Crippen molar-refractivity contribution in [1.29, 1.82) is 0 Å². The van der Waals surface area contributed by atoms with Gasteiger partial charge in [-0.15, -0.1) is 12.4 Å². The van der Waals surface area contributed by atoms with Crippen LogP contribution in [0.5, 0.6) is 0 Å². The number of benzene rings is 1. The molecular formula is C15H21Cl2N3OS. The first-order valence-corrected chi connectivity index (χ1v) is 8.13. The first-order chi connectivity index (χ1) is 9.92. The number of amides is 1. The quantitative estimate of drug-likeness (QED) is 0.807. The Bertz CT molecular complexity index is 658. The van der Waals surface area contributed by atoms with Crippen LogP contribution in [0.15, 0.2) is 12.1 Å². The van der Waals surface area contributed by atoms with Crippen LogP contribution in [0, 0.1) is 6.92 Å². The second-order valence-electron chi connectivity index (χ2n) is 5.27. The fourth-order valence-electron chi connectivity index (χ4n) is 2.08. The Balaban J connectivity index is 0.00000242. The molecule has 7 heteroatoms. The molecule has 122 valence electrons. The number of halogens is 2. The minimum Gasteiger partial charge on any atom is -0.308 e. The molecule has 0 aliphatic carbocycles. The van der Waals surface area contributed by atoms with Crippen molar-refractivity contribution in [2.75, 3.05) is 32.1 Å². The van der Waals surface area contributed by atoms with Crippen LogP contribution >= 0.6 is 35.3 Å². The van der Waals surface area contributed by atoms with Crippen molar-refractivity contribution in [3.63, 3.8) is 0 Å². The molecule has 2 aromatic rings. The van der Waals surface area contributed by atoms with E-state index >= 15 is 0 Å². The number of likely N-dealkylation sites (N-methyl/N-ethyl adjacent to an activating group) is 1. The van der Waals surface area contributed by atoms with Gasteiger partial charge in [-0.2, -0.15) is 0 Å². The molecule has 1 amide bonds. The van der Waals surface area contributed by atoms with E-state index in [9.17, 15) is 4.79 Å². The highest BCUT2D eigenvalue weighted by Gasteiger charge is 2.19. The average Bonchev–Trinajstić information content (AvgIpc) is 2.82. The Labute approximate surface area is 146 Å². The maximum Gasteiger partial charge on any atom is 0.228 e. The van der Waals surface area contributed by atoms with E-state index in [2.05, 4.69) is 9.88 Å². The van der Waals surface area contributed by atoms with Gasteiger partial charge in [0, 0.05) is 24.5 Å².